The molecule has 1 aliphatic carbocycles. The molecule has 0 heterocycles. The predicted molar refractivity (Wildman–Crippen MR) is 157 cm³/mol. The minimum absolute atomic E-state index is 0.132. The molecular formula is C34H38FNO5. The maximum absolute atomic E-state index is 15.0. The zero-order valence-electron chi connectivity index (χ0n) is 23.4. The van der Waals surface area contributed by atoms with E-state index in [0.717, 1.165) is 42.4 Å². The molecule has 0 atom stereocenters. The average Bonchev–Trinajstić information content (AvgIpc) is 2.98. The number of rotatable bonds is 15. The lowest BCUT2D eigenvalue weighted by Crippen LogP contribution is -2.27. The molecule has 2 N–H and O–H groups in total. The second kappa shape index (κ2) is 15.1. The van der Waals surface area contributed by atoms with Crippen molar-refractivity contribution in [2.45, 2.75) is 64.5 Å². The summed E-state index contributed by atoms with van der Waals surface area (Å²) in [5.41, 5.74) is 4.93. The number of allylic oxidation sites excluding steroid dienone is 2. The maximum Gasteiger partial charge on any atom is 0.335 e. The van der Waals surface area contributed by atoms with Crippen molar-refractivity contribution in [3.63, 3.8) is 0 Å². The molecule has 3 aromatic carbocycles. The Balaban J connectivity index is 1.39. The van der Waals surface area contributed by atoms with Crippen LogP contribution in [0.2, 0.25) is 0 Å². The highest BCUT2D eigenvalue weighted by molar-refractivity contribution is 5.87. The highest BCUT2D eigenvalue weighted by Gasteiger charge is 2.13. The number of para-hydroxylation sites is 1. The van der Waals surface area contributed by atoms with Crippen molar-refractivity contribution in [3.8, 4) is 5.75 Å². The van der Waals surface area contributed by atoms with Crippen LogP contribution in [0.5, 0.6) is 5.75 Å². The third-order valence-corrected chi connectivity index (χ3v) is 7.49. The summed E-state index contributed by atoms with van der Waals surface area (Å²) in [6.45, 7) is 2.16. The van der Waals surface area contributed by atoms with E-state index >= 15 is 0 Å². The van der Waals surface area contributed by atoms with E-state index in [1.165, 1.54) is 12.0 Å². The van der Waals surface area contributed by atoms with E-state index in [0.29, 0.717) is 43.8 Å². The lowest BCUT2D eigenvalue weighted by Gasteiger charge is -2.23. The van der Waals surface area contributed by atoms with Gasteiger partial charge in [0.05, 0.1) is 5.56 Å². The molecule has 0 radical (unpaired) electrons. The van der Waals surface area contributed by atoms with Crippen LogP contribution >= 0.6 is 0 Å². The van der Waals surface area contributed by atoms with Gasteiger partial charge in [0.25, 0.3) is 0 Å². The molecule has 1 aliphatic rings. The van der Waals surface area contributed by atoms with Crippen molar-refractivity contribution in [3.05, 3.63) is 106 Å². The van der Waals surface area contributed by atoms with E-state index in [1.54, 1.807) is 18.2 Å². The van der Waals surface area contributed by atoms with Crippen molar-refractivity contribution in [2.75, 3.05) is 13.1 Å². The smallest absolute Gasteiger partial charge is 0.335 e. The van der Waals surface area contributed by atoms with Gasteiger partial charge in [0.15, 0.2) is 0 Å². The summed E-state index contributed by atoms with van der Waals surface area (Å²) in [7, 11) is 0. The molecule has 0 aromatic heterocycles. The van der Waals surface area contributed by atoms with Gasteiger partial charge in [0.2, 0.25) is 0 Å². The topological polar surface area (TPSA) is 87.1 Å². The third kappa shape index (κ3) is 9.29. The Morgan fingerprint density at radius 2 is 1.71 bits per heavy atom. The first-order chi connectivity index (χ1) is 19.9. The summed E-state index contributed by atoms with van der Waals surface area (Å²) in [6.07, 6.45) is 8.75. The molecule has 0 saturated carbocycles. The lowest BCUT2D eigenvalue weighted by atomic mass is 9.93. The van der Waals surface area contributed by atoms with Gasteiger partial charge in [-0.1, -0.05) is 48.5 Å². The standard InChI is InChI=1S/C34H38FNO5/c35-31-22-29(26-8-2-1-3-9-26)17-18-30(31)24-41-32-11-5-4-10-27(32)19-21-36(20-7-6-12-33(37)38)23-25-13-15-28(16-14-25)34(39)40/h4-5,8,10-11,13-18,22H,1-3,6-7,9,12,19-21,23-24H2,(H,37,38)(H,39,40). The number of ether oxygens (including phenoxy) is 1. The van der Waals surface area contributed by atoms with Crippen molar-refractivity contribution >= 4 is 17.5 Å². The van der Waals surface area contributed by atoms with E-state index in [9.17, 15) is 19.1 Å². The summed E-state index contributed by atoms with van der Waals surface area (Å²) >= 11 is 0. The fourth-order valence-electron chi connectivity index (χ4n) is 5.14. The van der Waals surface area contributed by atoms with Crippen molar-refractivity contribution in [2.24, 2.45) is 0 Å². The molecule has 0 amide bonds. The van der Waals surface area contributed by atoms with E-state index < -0.39 is 11.9 Å². The Bertz CT molecular complexity index is 1350. The molecule has 3 aromatic rings. The molecule has 0 fully saturated rings. The number of aliphatic carboxylic acids is 1. The van der Waals surface area contributed by atoms with Crippen LogP contribution < -0.4 is 4.74 Å². The van der Waals surface area contributed by atoms with Crippen LogP contribution in [0.15, 0.2) is 72.8 Å². The second-order valence-corrected chi connectivity index (χ2v) is 10.6. The lowest BCUT2D eigenvalue weighted by molar-refractivity contribution is -0.137. The molecule has 41 heavy (non-hydrogen) atoms. The van der Waals surface area contributed by atoms with Crippen LogP contribution in [0.1, 0.15) is 77.6 Å². The highest BCUT2D eigenvalue weighted by Crippen LogP contribution is 2.28. The number of carbonyl (C=O) groups is 2. The first kappa shape index (κ1) is 30.0. The average molecular weight is 560 g/mol. The van der Waals surface area contributed by atoms with Crippen LogP contribution in [0.25, 0.3) is 5.57 Å². The number of halogens is 1. The van der Waals surface area contributed by atoms with Crippen molar-refractivity contribution in [1.82, 2.24) is 4.90 Å². The van der Waals surface area contributed by atoms with E-state index in [4.69, 9.17) is 9.84 Å². The summed E-state index contributed by atoms with van der Waals surface area (Å²) in [4.78, 5) is 24.4. The van der Waals surface area contributed by atoms with Crippen LogP contribution in [0.4, 0.5) is 4.39 Å². The van der Waals surface area contributed by atoms with Gasteiger partial charge in [-0.2, -0.15) is 0 Å². The predicted octanol–water partition coefficient (Wildman–Crippen LogP) is 7.36. The molecule has 0 bridgehead atoms. The monoisotopic (exact) mass is 559 g/mol. The molecule has 0 spiro atoms. The Morgan fingerprint density at radius 1 is 0.902 bits per heavy atom. The van der Waals surface area contributed by atoms with Gasteiger partial charge in [-0.15, -0.1) is 0 Å². The molecular weight excluding hydrogens is 521 g/mol. The minimum Gasteiger partial charge on any atom is -0.489 e. The molecule has 4 rings (SSSR count). The van der Waals surface area contributed by atoms with Gasteiger partial charge < -0.3 is 14.9 Å². The van der Waals surface area contributed by atoms with Gasteiger partial charge in [0.1, 0.15) is 18.2 Å². The number of aromatic carboxylic acids is 1. The molecule has 0 saturated heterocycles. The maximum atomic E-state index is 15.0. The highest BCUT2D eigenvalue weighted by atomic mass is 19.1. The largest absolute Gasteiger partial charge is 0.489 e. The Hall–Kier alpha value is -3.97. The number of nitrogens with zero attached hydrogens (tertiary/aromatic N) is 1. The van der Waals surface area contributed by atoms with Crippen LogP contribution in [0.3, 0.4) is 0 Å². The van der Waals surface area contributed by atoms with E-state index in [1.807, 2.05) is 48.5 Å². The molecule has 0 unspecified atom stereocenters. The summed E-state index contributed by atoms with van der Waals surface area (Å²) < 4.78 is 21.1. The van der Waals surface area contributed by atoms with Gasteiger partial charge in [-0.05, 0) is 98.0 Å². The number of carboxylic acid groups (broad SMARTS) is 2. The van der Waals surface area contributed by atoms with Gasteiger partial charge >= 0.3 is 11.9 Å². The first-order valence-corrected chi connectivity index (χ1v) is 14.3. The fraction of sp³-hybridized carbons (Fsp3) is 0.353. The van der Waals surface area contributed by atoms with Gasteiger partial charge in [0, 0.05) is 25.1 Å². The SMILES string of the molecule is O=C(O)CCCCN(CCc1ccccc1OCc1ccc(C2=CCCCC2)cc1F)Cc1ccc(C(=O)O)cc1. The second-order valence-electron chi connectivity index (χ2n) is 10.6. The van der Waals surface area contributed by atoms with E-state index in [-0.39, 0.29) is 24.4 Å². The fourth-order valence-corrected chi connectivity index (χ4v) is 5.14. The molecule has 7 heteroatoms. The number of benzene rings is 3. The number of carboxylic acids is 2. The number of hydrogen-bond donors (Lipinski definition) is 2. The van der Waals surface area contributed by atoms with Gasteiger partial charge in [-0.25, -0.2) is 9.18 Å². The Kier molecular flexibility index (Phi) is 11.1. The summed E-state index contributed by atoms with van der Waals surface area (Å²) in [5.74, 6) is -1.31. The molecule has 0 aliphatic heterocycles. The Morgan fingerprint density at radius 3 is 2.41 bits per heavy atom. The van der Waals surface area contributed by atoms with Crippen LogP contribution in [-0.4, -0.2) is 40.1 Å². The van der Waals surface area contributed by atoms with Gasteiger partial charge in [-0.3, -0.25) is 9.69 Å². The molecule has 6 nitrogen and oxygen atoms in total. The third-order valence-electron chi connectivity index (χ3n) is 7.49. The van der Waals surface area contributed by atoms with Crippen molar-refractivity contribution < 1.29 is 28.9 Å². The van der Waals surface area contributed by atoms with E-state index in [2.05, 4.69) is 11.0 Å². The number of hydrogen-bond acceptors (Lipinski definition) is 4. The molecule has 216 valence electrons. The zero-order chi connectivity index (χ0) is 29.0. The minimum atomic E-state index is -0.962. The first-order valence-electron chi connectivity index (χ1n) is 14.3. The summed E-state index contributed by atoms with van der Waals surface area (Å²) in [6, 6.07) is 20.0. The van der Waals surface area contributed by atoms with Crippen molar-refractivity contribution in [1.29, 1.82) is 0 Å². The number of unbranched alkanes of at least 4 members (excludes halogenated alkanes) is 1. The quantitative estimate of drug-likeness (QED) is 0.189. The summed E-state index contributed by atoms with van der Waals surface area (Å²) in [5, 5.41) is 18.2. The van der Waals surface area contributed by atoms with Crippen LogP contribution in [0, 0.1) is 5.82 Å². The Labute approximate surface area is 241 Å². The zero-order valence-corrected chi connectivity index (χ0v) is 23.4. The van der Waals surface area contributed by atoms with Crippen LogP contribution in [-0.2, 0) is 24.4 Å². The normalized spacial score (nSPS) is 13.2.